The number of nitrogens with zero attached hydrogens (tertiary/aromatic N) is 3. The molecule has 23 heavy (non-hydrogen) atoms. The predicted octanol–water partition coefficient (Wildman–Crippen LogP) is 1.65. The smallest absolute Gasteiger partial charge is 0.238 e. The molecular weight excluding hydrogens is 337 g/mol. The summed E-state index contributed by atoms with van der Waals surface area (Å²) in [6, 6.07) is 1.22. The SMILES string of the molecule is Cc1nn(C)c(C)c1NC(=O)CN1CCC2CCC(C1)N2.Cl.Cl. The molecule has 0 aromatic carbocycles. The number of hydrogen-bond donors (Lipinski definition) is 2. The van der Waals surface area contributed by atoms with Gasteiger partial charge < -0.3 is 10.6 Å². The largest absolute Gasteiger partial charge is 0.322 e. The molecule has 1 aromatic heterocycles. The van der Waals surface area contributed by atoms with E-state index in [4.69, 9.17) is 0 Å². The van der Waals surface area contributed by atoms with Crippen LogP contribution in [-0.4, -0.2) is 52.3 Å². The van der Waals surface area contributed by atoms with Gasteiger partial charge in [-0.15, -0.1) is 24.8 Å². The van der Waals surface area contributed by atoms with E-state index in [1.807, 2.05) is 20.9 Å². The summed E-state index contributed by atoms with van der Waals surface area (Å²) in [6.07, 6.45) is 3.68. The minimum Gasteiger partial charge on any atom is -0.322 e. The lowest BCUT2D eigenvalue weighted by Crippen LogP contribution is -2.39. The molecular formula is C15H27Cl2N5O. The van der Waals surface area contributed by atoms with Crippen LogP contribution >= 0.6 is 24.8 Å². The van der Waals surface area contributed by atoms with Crippen LogP contribution in [0.5, 0.6) is 0 Å². The van der Waals surface area contributed by atoms with E-state index in [2.05, 4.69) is 20.6 Å². The van der Waals surface area contributed by atoms with Crippen molar-refractivity contribution in [2.45, 2.75) is 45.2 Å². The van der Waals surface area contributed by atoms with Gasteiger partial charge in [-0.2, -0.15) is 5.10 Å². The topological polar surface area (TPSA) is 62.2 Å². The van der Waals surface area contributed by atoms with Gasteiger partial charge in [0.15, 0.2) is 0 Å². The van der Waals surface area contributed by atoms with Gasteiger partial charge in [-0.25, -0.2) is 0 Å². The van der Waals surface area contributed by atoms with Crippen molar-refractivity contribution in [3.8, 4) is 0 Å². The molecule has 6 nitrogen and oxygen atoms in total. The Balaban J connectivity index is 0.00000132. The third-order valence-electron chi connectivity index (χ3n) is 4.75. The Morgan fingerprint density at radius 2 is 1.96 bits per heavy atom. The maximum atomic E-state index is 12.3. The fourth-order valence-corrected chi connectivity index (χ4v) is 3.50. The first-order valence-corrected chi connectivity index (χ1v) is 7.81. The van der Waals surface area contributed by atoms with Crippen LogP contribution in [0.25, 0.3) is 0 Å². The zero-order chi connectivity index (χ0) is 15.0. The molecule has 2 N–H and O–H groups in total. The number of carbonyl (C=O) groups is 1. The van der Waals surface area contributed by atoms with Crippen molar-refractivity contribution < 1.29 is 4.79 Å². The van der Waals surface area contributed by atoms with Crippen molar-refractivity contribution >= 4 is 36.4 Å². The second-order valence-electron chi connectivity index (χ2n) is 6.38. The fourth-order valence-electron chi connectivity index (χ4n) is 3.50. The van der Waals surface area contributed by atoms with Crippen LogP contribution in [0, 0.1) is 13.8 Å². The molecule has 0 spiro atoms. The normalized spacial score (nSPS) is 23.6. The van der Waals surface area contributed by atoms with Gasteiger partial charge in [0.2, 0.25) is 5.91 Å². The second-order valence-corrected chi connectivity index (χ2v) is 6.38. The lowest BCUT2D eigenvalue weighted by molar-refractivity contribution is -0.117. The molecule has 2 atom stereocenters. The van der Waals surface area contributed by atoms with Crippen LogP contribution in [0.4, 0.5) is 5.69 Å². The van der Waals surface area contributed by atoms with E-state index >= 15 is 0 Å². The minimum absolute atomic E-state index is 0. The number of nitrogens with one attached hydrogen (secondary N) is 2. The summed E-state index contributed by atoms with van der Waals surface area (Å²) in [4.78, 5) is 14.6. The van der Waals surface area contributed by atoms with E-state index in [0.717, 1.165) is 36.6 Å². The summed E-state index contributed by atoms with van der Waals surface area (Å²) in [5.41, 5.74) is 2.73. The number of aromatic nitrogens is 2. The first-order valence-electron chi connectivity index (χ1n) is 7.81. The molecule has 1 aromatic rings. The number of likely N-dealkylation sites (tertiary alicyclic amines) is 1. The van der Waals surface area contributed by atoms with Crippen LogP contribution in [0.1, 0.15) is 30.7 Å². The lowest BCUT2D eigenvalue weighted by atomic mass is 10.1. The summed E-state index contributed by atoms with van der Waals surface area (Å²) in [7, 11) is 1.90. The number of aryl methyl sites for hydroxylation is 2. The lowest BCUT2D eigenvalue weighted by Gasteiger charge is -2.23. The Kier molecular flexibility index (Phi) is 7.32. The van der Waals surface area contributed by atoms with Gasteiger partial charge >= 0.3 is 0 Å². The number of carbonyl (C=O) groups excluding carboxylic acids is 1. The molecule has 2 bridgehead atoms. The van der Waals surface area contributed by atoms with Crippen LogP contribution in [0.2, 0.25) is 0 Å². The minimum atomic E-state index is 0. The highest BCUT2D eigenvalue weighted by atomic mass is 35.5. The average molecular weight is 364 g/mol. The molecule has 0 saturated carbocycles. The second kappa shape index (κ2) is 8.33. The molecule has 1 amide bonds. The molecule has 8 heteroatoms. The molecule has 0 radical (unpaired) electrons. The van der Waals surface area contributed by atoms with E-state index in [1.54, 1.807) is 4.68 Å². The van der Waals surface area contributed by atoms with Crippen LogP contribution in [-0.2, 0) is 11.8 Å². The van der Waals surface area contributed by atoms with Crippen molar-refractivity contribution in [3.63, 3.8) is 0 Å². The highest BCUT2D eigenvalue weighted by Crippen LogP contribution is 2.21. The summed E-state index contributed by atoms with van der Waals surface area (Å²) < 4.78 is 1.81. The number of hydrogen-bond acceptors (Lipinski definition) is 4. The van der Waals surface area contributed by atoms with Crippen molar-refractivity contribution in [2.24, 2.45) is 7.05 Å². The zero-order valence-corrected chi connectivity index (χ0v) is 15.6. The fraction of sp³-hybridized carbons (Fsp3) is 0.733. The Morgan fingerprint density at radius 1 is 1.26 bits per heavy atom. The summed E-state index contributed by atoms with van der Waals surface area (Å²) >= 11 is 0. The van der Waals surface area contributed by atoms with Gasteiger partial charge in [-0.1, -0.05) is 0 Å². The number of rotatable bonds is 3. The van der Waals surface area contributed by atoms with Crippen LogP contribution in [0.15, 0.2) is 0 Å². The molecule has 2 aliphatic heterocycles. The standard InChI is InChI=1S/C15H25N5O.2ClH/c1-10-15(11(2)19(3)18-10)17-14(21)9-20-7-6-12-4-5-13(8-20)16-12;;/h12-13,16H,4-9H2,1-3H3,(H,17,21);2*1H. The van der Waals surface area contributed by atoms with Gasteiger partial charge in [0, 0.05) is 32.2 Å². The van der Waals surface area contributed by atoms with Gasteiger partial charge in [-0.05, 0) is 33.1 Å². The Labute approximate surface area is 150 Å². The quantitative estimate of drug-likeness (QED) is 0.856. The van der Waals surface area contributed by atoms with Crippen molar-refractivity contribution in [3.05, 3.63) is 11.4 Å². The molecule has 2 aliphatic rings. The van der Waals surface area contributed by atoms with E-state index in [0.29, 0.717) is 18.6 Å². The van der Waals surface area contributed by atoms with Crippen molar-refractivity contribution in [2.75, 3.05) is 25.0 Å². The Hall–Kier alpha value is -0.820. The monoisotopic (exact) mass is 363 g/mol. The van der Waals surface area contributed by atoms with Gasteiger partial charge in [0.25, 0.3) is 0 Å². The van der Waals surface area contributed by atoms with E-state index < -0.39 is 0 Å². The molecule has 0 aliphatic carbocycles. The third-order valence-corrected chi connectivity index (χ3v) is 4.75. The summed E-state index contributed by atoms with van der Waals surface area (Å²) in [5.74, 6) is 0.0620. The maximum Gasteiger partial charge on any atom is 0.238 e. The Morgan fingerprint density at radius 3 is 2.61 bits per heavy atom. The zero-order valence-electron chi connectivity index (χ0n) is 14.0. The molecule has 2 saturated heterocycles. The molecule has 132 valence electrons. The van der Waals surface area contributed by atoms with Gasteiger partial charge in [0.1, 0.15) is 0 Å². The predicted molar refractivity (Wildman–Crippen MR) is 96.8 cm³/mol. The number of halogens is 2. The summed E-state index contributed by atoms with van der Waals surface area (Å²) in [5, 5.41) is 11.0. The first kappa shape index (κ1) is 20.2. The Bertz CT molecular complexity index is 548. The molecule has 3 rings (SSSR count). The van der Waals surface area contributed by atoms with Gasteiger partial charge in [-0.3, -0.25) is 14.4 Å². The molecule has 2 unspecified atom stereocenters. The highest BCUT2D eigenvalue weighted by Gasteiger charge is 2.29. The molecule has 2 fully saturated rings. The van der Waals surface area contributed by atoms with Crippen molar-refractivity contribution in [1.82, 2.24) is 20.0 Å². The maximum absolute atomic E-state index is 12.3. The first-order chi connectivity index (χ1) is 10.0. The number of anilines is 1. The highest BCUT2D eigenvalue weighted by molar-refractivity contribution is 5.93. The van der Waals surface area contributed by atoms with E-state index in [1.165, 1.54) is 12.8 Å². The van der Waals surface area contributed by atoms with Gasteiger partial charge in [0.05, 0.1) is 23.6 Å². The third kappa shape index (κ3) is 4.59. The number of fused-ring (bicyclic) bond motifs is 2. The van der Waals surface area contributed by atoms with E-state index in [9.17, 15) is 4.79 Å². The van der Waals surface area contributed by atoms with Crippen molar-refractivity contribution in [1.29, 1.82) is 0 Å². The summed E-state index contributed by atoms with van der Waals surface area (Å²) in [6.45, 7) is 6.36. The molecule has 3 heterocycles. The van der Waals surface area contributed by atoms with E-state index in [-0.39, 0.29) is 30.7 Å². The average Bonchev–Trinajstić information content (AvgIpc) is 2.88. The van der Waals surface area contributed by atoms with Crippen LogP contribution < -0.4 is 10.6 Å². The number of amides is 1. The van der Waals surface area contributed by atoms with Crippen LogP contribution in [0.3, 0.4) is 0 Å².